The largest absolute Gasteiger partial charge is 0.394 e. The fourth-order valence-corrected chi connectivity index (χ4v) is 1.80. The van der Waals surface area contributed by atoms with Crippen LogP contribution in [0.1, 0.15) is 32.3 Å². The predicted molar refractivity (Wildman–Crippen MR) is 66.3 cm³/mol. The SMILES string of the molecule is CCC(CC)(CO)NCCc1cccnc1. The molecule has 0 fully saturated rings. The Morgan fingerprint density at radius 2 is 2.12 bits per heavy atom. The number of aliphatic hydroxyl groups is 1. The van der Waals surface area contributed by atoms with Gasteiger partial charge in [0.1, 0.15) is 0 Å². The minimum absolute atomic E-state index is 0.109. The van der Waals surface area contributed by atoms with Gasteiger partial charge in [-0.2, -0.15) is 0 Å². The van der Waals surface area contributed by atoms with E-state index in [1.807, 2.05) is 12.3 Å². The van der Waals surface area contributed by atoms with Gasteiger partial charge in [-0.15, -0.1) is 0 Å². The first-order valence-electron chi connectivity index (χ1n) is 6.01. The summed E-state index contributed by atoms with van der Waals surface area (Å²) in [5.74, 6) is 0. The van der Waals surface area contributed by atoms with Crippen LogP contribution in [0, 0.1) is 0 Å². The van der Waals surface area contributed by atoms with Gasteiger partial charge in [0.25, 0.3) is 0 Å². The molecule has 0 atom stereocenters. The Morgan fingerprint density at radius 1 is 1.38 bits per heavy atom. The Bertz CT molecular complexity index is 275. The molecule has 0 aliphatic carbocycles. The van der Waals surface area contributed by atoms with Crippen molar-refractivity contribution < 1.29 is 5.11 Å². The normalized spacial score (nSPS) is 11.7. The van der Waals surface area contributed by atoms with E-state index < -0.39 is 0 Å². The molecule has 1 aromatic heterocycles. The Kier molecular flexibility index (Phi) is 5.43. The molecule has 1 aromatic rings. The van der Waals surface area contributed by atoms with Crippen molar-refractivity contribution in [3.05, 3.63) is 30.1 Å². The van der Waals surface area contributed by atoms with Crippen LogP contribution in [-0.4, -0.2) is 28.8 Å². The second kappa shape index (κ2) is 6.61. The van der Waals surface area contributed by atoms with Gasteiger partial charge >= 0.3 is 0 Å². The lowest BCUT2D eigenvalue weighted by Crippen LogP contribution is -2.48. The lowest BCUT2D eigenvalue weighted by atomic mass is 9.93. The maximum atomic E-state index is 9.40. The Balaban J connectivity index is 2.39. The van der Waals surface area contributed by atoms with Gasteiger partial charge in [-0.05, 0) is 37.4 Å². The highest BCUT2D eigenvalue weighted by Crippen LogP contribution is 2.13. The summed E-state index contributed by atoms with van der Waals surface area (Å²) in [5, 5.41) is 12.9. The quantitative estimate of drug-likeness (QED) is 0.739. The van der Waals surface area contributed by atoms with E-state index in [2.05, 4.69) is 30.2 Å². The van der Waals surface area contributed by atoms with Crippen LogP contribution in [-0.2, 0) is 6.42 Å². The van der Waals surface area contributed by atoms with Crippen molar-refractivity contribution in [2.45, 2.75) is 38.6 Å². The molecule has 0 radical (unpaired) electrons. The minimum Gasteiger partial charge on any atom is -0.394 e. The van der Waals surface area contributed by atoms with E-state index in [0.29, 0.717) is 0 Å². The first-order valence-corrected chi connectivity index (χ1v) is 6.01. The number of rotatable bonds is 7. The third kappa shape index (κ3) is 3.58. The summed E-state index contributed by atoms with van der Waals surface area (Å²) in [6.45, 7) is 5.30. The van der Waals surface area contributed by atoms with Crippen LogP contribution in [0.15, 0.2) is 24.5 Å². The smallest absolute Gasteiger partial charge is 0.0613 e. The van der Waals surface area contributed by atoms with Crippen molar-refractivity contribution >= 4 is 0 Å². The van der Waals surface area contributed by atoms with Gasteiger partial charge < -0.3 is 10.4 Å². The summed E-state index contributed by atoms with van der Waals surface area (Å²) in [6, 6.07) is 4.03. The van der Waals surface area contributed by atoms with Crippen molar-refractivity contribution in [3.8, 4) is 0 Å². The molecule has 3 heteroatoms. The Labute approximate surface area is 97.9 Å². The van der Waals surface area contributed by atoms with Crippen LogP contribution in [0.5, 0.6) is 0 Å². The summed E-state index contributed by atoms with van der Waals surface area (Å²) < 4.78 is 0. The third-order valence-electron chi connectivity index (χ3n) is 3.29. The van der Waals surface area contributed by atoms with E-state index in [4.69, 9.17) is 0 Å². The molecule has 1 heterocycles. The lowest BCUT2D eigenvalue weighted by molar-refractivity contribution is 0.152. The highest BCUT2D eigenvalue weighted by Gasteiger charge is 2.23. The summed E-state index contributed by atoms with van der Waals surface area (Å²) in [7, 11) is 0. The fourth-order valence-electron chi connectivity index (χ4n) is 1.80. The third-order valence-corrected chi connectivity index (χ3v) is 3.29. The number of pyridine rings is 1. The topological polar surface area (TPSA) is 45.1 Å². The van der Waals surface area contributed by atoms with E-state index in [1.54, 1.807) is 6.20 Å². The Morgan fingerprint density at radius 3 is 2.62 bits per heavy atom. The number of nitrogens with zero attached hydrogens (tertiary/aromatic N) is 1. The van der Waals surface area contributed by atoms with E-state index in [9.17, 15) is 5.11 Å². The van der Waals surface area contributed by atoms with Gasteiger partial charge in [0.05, 0.1) is 6.61 Å². The number of aliphatic hydroxyl groups excluding tert-OH is 1. The average Bonchev–Trinajstić information content (AvgIpc) is 2.37. The fraction of sp³-hybridized carbons (Fsp3) is 0.615. The van der Waals surface area contributed by atoms with Gasteiger partial charge in [-0.1, -0.05) is 19.9 Å². The molecule has 3 nitrogen and oxygen atoms in total. The zero-order valence-electron chi connectivity index (χ0n) is 10.2. The van der Waals surface area contributed by atoms with Crippen LogP contribution in [0.25, 0.3) is 0 Å². The molecule has 0 aliphatic heterocycles. The molecule has 16 heavy (non-hydrogen) atoms. The average molecular weight is 222 g/mol. The highest BCUT2D eigenvalue weighted by molar-refractivity contribution is 5.08. The zero-order chi connectivity index (χ0) is 11.9. The molecule has 0 aromatic carbocycles. The molecular weight excluding hydrogens is 200 g/mol. The van der Waals surface area contributed by atoms with Gasteiger partial charge in [0.15, 0.2) is 0 Å². The zero-order valence-corrected chi connectivity index (χ0v) is 10.2. The molecule has 0 aliphatic rings. The number of hydrogen-bond acceptors (Lipinski definition) is 3. The van der Waals surface area contributed by atoms with E-state index in [0.717, 1.165) is 25.8 Å². The maximum absolute atomic E-state index is 9.40. The molecule has 0 unspecified atom stereocenters. The van der Waals surface area contributed by atoms with Crippen molar-refractivity contribution in [2.75, 3.05) is 13.2 Å². The molecule has 0 spiro atoms. The minimum atomic E-state index is -0.109. The van der Waals surface area contributed by atoms with Crippen LogP contribution < -0.4 is 5.32 Å². The van der Waals surface area contributed by atoms with Gasteiger partial charge in [-0.25, -0.2) is 0 Å². The van der Waals surface area contributed by atoms with E-state index >= 15 is 0 Å². The summed E-state index contributed by atoms with van der Waals surface area (Å²) >= 11 is 0. The first kappa shape index (κ1) is 13.1. The number of nitrogens with one attached hydrogen (secondary N) is 1. The molecule has 2 N–H and O–H groups in total. The van der Waals surface area contributed by atoms with Gasteiger partial charge in [0.2, 0.25) is 0 Å². The number of aromatic nitrogens is 1. The molecule has 0 saturated heterocycles. The monoisotopic (exact) mass is 222 g/mol. The second-order valence-corrected chi connectivity index (χ2v) is 4.18. The predicted octanol–water partition coefficient (Wildman–Crippen LogP) is 1.76. The van der Waals surface area contributed by atoms with Crippen molar-refractivity contribution in [2.24, 2.45) is 0 Å². The maximum Gasteiger partial charge on any atom is 0.0613 e. The summed E-state index contributed by atoms with van der Waals surface area (Å²) in [6.07, 6.45) is 6.53. The van der Waals surface area contributed by atoms with E-state index in [1.165, 1.54) is 5.56 Å². The van der Waals surface area contributed by atoms with Gasteiger partial charge in [0, 0.05) is 17.9 Å². The van der Waals surface area contributed by atoms with E-state index in [-0.39, 0.29) is 12.1 Å². The van der Waals surface area contributed by atoms with Crippen molar-refractivity contribution in [1.82, 2.24) is 10.3 Å². The lowest BCUT2D eigenvalue weighted by Gasteiger charge is -2.31. The molecular formula is C13H22N2O. The van der Waals surface area contributed by atoms with Crippen molar-refractivity contribution in [1.29, 1.82) is 0 Å². The number of hydrogen-bond donors (Lipinski definition) is 2. The molecule has 0 bridgehead atoms. The molecule has 90 valence electrons. The summed E-state index contributed by atoms with van der Waals surface area (Å²) in [5.41, 5.74) is 1.12. The Hall–Kier alpha value is -0.930. The standard InChI is InChI=1S/C13H22N2O/c1-3-13(4-2,11-16)15-9-7-12-6-5-8-14-10-12/h5-6,8,10,15-16H,3-4,7,9,11H2,1-2H3. The summed E-state index contributed by atoms with van der Waals surface area (Å²) in [4.78, 5) is 4.08. The van der Waals surface area contributed by atoms with Crippen LogP contribution >= 0.6 is 0 Å². The molecule has 0 saturated carbocycles. The van der Waals surface area contributed by atoms with Crippen LogP contribution in [0.2, 0.25) is 0 Å². The van der Waals surface area contributed by atoms with Gasteiger partial charge in [-0.3, -0.25) is 4.98 Å². The van der Waals surface area contributed by atoms with Crippen LogP contribution in [0.3, 0.4) is 0 Å². The molecule has 1 rings (SSSR count). The van der Waals surface area contributed by atoms with Crippen molar-refractivity contribution in [3.63, 3.8) is 0 Å². The molecule has 0 amide bonds. The highest BCUT2D eigenvalue weighted by atomic mass is 16.3. The van der Waals surface area contributed by atoms with Crippen LogP contribution in [0.4, 0.5) is 0 Å². The first-order chi connectivity index (χ1) is 7.76. The second-order valence-electron chi connectivity index (χ2n) is 4.18.